The number of rotatable bonds is 5. The zero-order valence-corrected chi connectivity index (χ0v) is 31.5. The number of benzene rings is 9. The van der Waals surface area contributed by atoms with E-state index in [0.717, 1.165) is 72.8 Å². The highest BCUT2D eigenvalue weighted by Crippen LogP contribution is 2.63. The molecule has 1 spiro atoms. The third-order valence-corrected chi connectivity index (χ3v) is 12.1. The van der Waals surface area contributed by atoms with Crippen molar-refractivity contribution in [1.29, 1.82) is 0 Å². The molecular formula is C55H35NO2. The molecule has 58 heavy (non-hydrogen) atoms. The second-order valence-electron chi connectivity index (χ2n) is 15.2. The lowest BCUT2D eigenvalue weighted by Gasteiger charge is -2.39. The second-order valence-corrected chi connectivity index (χ2v) is 15.2. The van der Waals surface area contributed by atoms with Gasteiger partial charge in [-0.15, -0.1) is 0 Å². The molecule has 2 aliphatic rings. The van der Waals surface area contributed by atoms with Crippen molar-refractivity contribution >= 4 is 39.0 Å². The second kappa shape index (κ2) is 12.7. The van der Waals surface area contributed by atoms with Crippen LogP contribution in [0.2, 0.25) is 0 Å². The molecule has 0 N–H and O–H groups in total. The zero-order valence-electron chi connectivity index (χ0n) is 31.5. The Hall–Kier alpha value is -7.62. The fourth-order valence-electron chi connectivity index (χ4n) is 9.67. The van der Waals surface area contributed by atoms with Gasteiger partial charge in [0, 0.05) is 39.0 Å². The molecule has 0 saturated carbocycles. The number of para-hydroxylation sites is 3. The number of fused-ring (bicyclic) bond motifs is 13. The van der Waals surface area contributed by atoms with Crippen molar-refractivity contribution in [1.82, 2.24) is 0 Å². The highest BCUT2D eigenvalue weighted by molar-refractivity contribution is 6.16. The van der Waals surface area contributed by atoms with Crippen LogP contribution in [0.3, 0.4) is 0 Å². The molecule has 0 bridgehead atoms. The van der Waals surface area contributed by atoms with E-state index in [4.69, 9.17) is 9.15 Å². The van der Waals surface area contributed by atoms with E-state index in [1.54, 1.807) is 0 Å². The molecule has 0 fully saturated rings. The van der Waals surface area contributed by atoms with Gasteiger partial charge in [-0.2, -0.15) is 0 Å². The van der Waals surface area contributed by atoms with Crippen molar-refractivity contribution < 1.29 is 9.15 Å². The van der Waals surface area contributed by atoms with Crippen LogP contribution in [0.25, 0.3) is 55.3 Å². The summed E-state index contributed by atoms with van der Waals surface area (Å²) in [5.41, 5.74) is 16.4. The van der Waals surface area contributed by atoms with E-state index >= 15 is 0 Å². The van der Waals surface area contributed by atoms with E-state index < -0.39 is 5.41 Å². The minimum absolute atomic E-state index is 0.526. The number of hydrogen-bond acceptors (Lipinski definition) is 3. The molecule has 0 atom stereocenters. The lowest BCUT2D eigenvalue weighted by Crippen LogP contribution is -2.32. The fraction of sp³-hybridized carbons (Fsp3) is 0.0182. The van der Waals surface area contributed by atoms with E-state index in [1.807, 2.05) is 0 Å². The SMILES string of the molecule is c1ccc(-c2ccc(N(c3ccccc3)c3cccc(-c4ccc5c(c4)oc4ccc6c(c45)-c4ccccc4C64c5ccccc5Oc5ccccc54)c3)cc2)cc1. The normalized spacial score (nSPS) is 13.1. The molecule has 9 aromatic carbocycles. The maximum absolute atomic E-state index is 6.80. The van der Waals surface area contributed by atoms with Gasteiger partial charge in [0.2, 0.25) is 0 Å². The van der Waals surface area contributed by atoms with Gasteiger partial charge in [0.25, 0.3) is 0 Å². The van der Waals surface area contributed by atoms with Gasteiger partial charge in [0.1, 0.15) is 22.7 Å². The molecule has 0 amide bonds. The van der Waals surface area contributed by atoms with Crippen molar-refractivity contribution in [2.45, 2.75) is 5.41 Å². The average molecular weight is 742 g/mol. The minimum atomic E-state index is -0.526. The first-order chi connectivity index (χ1) is 28.8. The summed E-state index contributed by atoms with van der Waals surface area (Å²) in [4.78, 5) is 2.32. The molecule has 1 aliphatic carbocycles. The highest BCUT2D eigenvalue weighted by Gasteiger charge is 2.51. The number of furan rings is 1. The topological polar surface area (TPSA) is 25.6 Å². The Bertz CT molecular complexity index is 3150. The smallest absolute Gasteiger partial charge is 0.136 e. The quantitative estimate of drug-likeness (QED) is 0.176. The van der Waals surface area contributed by atoms with Crippen LogP contribution in [-0.2, 0) is 5.41 Å². The van der Waals surface area contributed by atoms with E-state index in [2.05, 4.69) is 217 Å². The maximum atomic E-state index is 6.80. The Labute approximate surface area is 336 Å². The Morgan fingerprint density at radius 2 is 0.931 bits per heavy atom. The van der Waals surface area contributed by atoms with E-state index in [9.17, 15) is 0 Å². The molecule has 0 radical (unpaired) electrons. The predicted octanol–water partition coefficient (Wildman–Crippen LogP) is 14.9. The largest absolute Gasteiger partial charge is 0.457 e. The maximum Gasteiger partial charge on any atom is 0.136 e. The Morgan fingerprint density at radius 3 is 1.69 bits per heavy atom. The third-order valence-electron chi connectivity index (χ3n) is 12.1. The molecule has 2 heterocycles. The van der Waals surface area contributed by atoms with E-state index in [0.29, 0.717) is 0 Å². The first kappa shape index (κ1) is 32.6. The van der Waals surface area contributed by atoms with Crippen LogP contribution in [0, 0.1) is 0 Å². The highest BCUT2D eigenvalue weighted by atomic mass is 16.5. The molecule has 1 aromatic heterocycles. The predicted molar refractivity (Wildman–Crippen MR) is 237 cm³/mol. The summed E-state index contributed by atoms with van der Waals surface area (Å²) in [6, 6.07) is 75.8. The number of hydrogen-bond donors (Lipinski definition) is 0. The molecule has 0 unspecified atom stereocenters. The van der Waals surface area contributed by atoms with Crippen molar-refractivity contribution in [2.24, 2.45) is 0 Å². The summed E-state index contributed by atoms with van der Waals surface area (Å²) in [6.07, 6.45) is 0. The molecule has 3 heteroatoms. The molecule has 10 aromatic rings. The van der Waals surface area contributed by atoms with Crippen LogP contribution < -0.4 is 9.64 Å². The van der Waals surface area contributed by atoms with Gasteiger partial charge in [-0.05, 0) is 111 Å². The van der Waals surface area contributed by atoms with Crippen molar-refractivity contribution in [3.63, 3.8) is 0 Å². The van der Waals surface area contributed by atoms with Crippen LogP contribution in [-0.4, -0.2) is 0 Å². The number of ether oxygens (including phenoxy) is 1. The summed E-state index contributed by atoms with van der Waals surface area (Å²) in [5, 5.41) is 2.25. The van der Waals surface area contributed by atoms with Gasteiger partial charge >= 0.3 is 0 Å². The Morgan fingerprint density at radius 1 is 0.362 bits per heavy atom. The molecule has 12 rings (SSSR count). The fourth-order valence-corrected chi connectivity index (χ4v) is 9.67. The van der Waals surface area contributed by atoms with Gasteiger partial charge < -0.3 is 14.1 Å². The van der Waals surface area contributed by atoms with E-state index in [-0.39, 0.29) is 0 Å². The van der Waals surface area contributed by atoms with Crippen LogP contribution in [0.5, 0.6) is 11.5 Å². The van der Waals surface area contributed by atoms with Gasteiger partial charge in [-0.3, -0.25) is 0 Å². The van der Waals surface area contributed by atoms with Crippen LogP contribution >= 0.6 is 0 Å². The average Bonchev–Trinajstić information content (AvgIpc) is 3.81. The molecule has 0 saturated heterocycles. The van der Waals surface area contributed by atoms with Crippen molar-refractivity contribution in [3.05, 3.63) is 235 Å². The van der Waals surface area contributed by atoms with Crippen molar-refractivity contribution in [3.8, 4) is 44.9 Å². The first-order valence-corrected chi connectivity index (χ1v) is 19.8. The first-order valence-electron chi connectivity index (χ1n) is 19.8. The van der Waals surface area contributed by atoms with Gasteiger partial charge in [0.05, 0.1) is 5.41 Å². The van der Waals surface area contributed by atoms with Gasteiger partial charge in [0.15, 0.2) is 0 Å². The summed E-state index contributed by atoms with van der Waals surface area (Å²) in [5.74, 6) is 1.78. The Balaban J connectivity index is 0.997. The van der Waals surface area contributed by atoms with Gasteiger partial charge in [-0.1, -0.05) is 146 Å². The minimum Gasteiger partial charge on any atom is -0.457 e. The Kier molecular flexibility index (Phi) is 7.14. The summed E-state index contributed by atoms with van der Waals surface area (Å²) >= 11 is 0. The standard InChI is InChI=1S/C55H35NO2/c1-3-14-36(15-4-1)37-26-29-41(30-27-37)56(40-17-5-2-6-18-40)42-19-13-16-38(34-42)39-28-31-44-52(35-39)58-51-33-32-48-53(54(44)51)43-20-7-8-21-45(43)55(48)46-22-9-11-24-49(46)57-50-25-12-10-23-47(50)55/h1-35H. The summed E-state index contributed by atoms with van der Waals surface area (Å²) in [6.45, 7) is 0. The summed E-state index contributed by atoms with van der Waals surface area (Å²) < 4.78 is 13.4. The van der Waals surface area contributed by atoms with E-state index in [1.165, 1.54) is 33.4 Å². The third kappa shape index (κ3) is 4.74. The monoisotopic (exact) mass is 741 g/mol. The van der Waals surface area contributed by atoms with Crippen molar-refractivity contribution in [2.75, 3.05) is 4.90 Å². The van der Waals surface area contributed by atoms with Crippen LogP contribution in [0.4, 0.5) is 17.1 Å². The molecule has 272 valence electrons. The van der Waals surface area contributed by atoms with Crippen LogP contribution in [0.15, 0.2) is 217 Å². The van der Waals surface area contributed by atoms with Gasteiger partial charge in [-0.25, -0.2) is 0 Å². The number of anilines is 3. The van der Waals surface area contributed by atoms with Crippen LogP contribution in [0.1, 0.15) is 22.3 Å². The lowest BCUT2D eigenvalue weighted by molar-refractivity contribution is 0.436. The molecular weight excluding hydrogens is 707 g/mol. The number of nitrogens with zero attached hydrogens (tertiary/aromatic N) is 1. The molecule has 1 aliphatic heterocycles. The zero-order chi connectivity index (χ0) is 38.2. The lowest BCUT2D eigenvalue weighted by atomic mass is 9.66. The summed E-state index contributed by atoms with van der Waals surface area (Å²) in [7, 11) is 0. The molecule has 3 nitrogen and oxygen atoms in total.